The van der Waals surface area contributed by atoms with Gasteiger partial charge in [0, 0.05) is 5.75 Å². The Balaban J connectivity index is 2.37. The second kappa shape index (κ2) is 5.14. The predicted octanol–water partition coefficient (Wildman–Crippen LogP) is 2.15. The Hall–Kier alpha value is -0.670. The predicted molar refractivity (Wildman–Crippen MR) is 55.1 cm³/mol. The quantitative estimate of drug-likeness (QED) is 0.753. The van der Waals surface area contributed by atoms with Crippen LogP contribution in [0.15, 0.2) is 24.3 Å². The molecule has 72 valence electrons. The van der Waals surface area contributed by atoms with Crippen LogP contribution in [0, 0.1) is 6.92 Å². The molecule has 1 N–H and O–H groups in total. The van der Waals surface area contributed by atoms with Gasteiger partial charge in [0.2, 0.25) is 0 Å². The van der Waals surface area contributed by atoms with Crippen molar-refractivity contribution in [1.29, 1.82) is 0 Å². The van der Waals surface area contributed by atoms with Crippen LogP contribution in [0.5, 0.6) is 0 Å². The average Bonchev–Trinajstić information content (AvgIpc) is 2.08. The second-order valence-corrected chi connectivity index (χ2v) is 4.17. The van der Waals surface area contributed by atoms with Gasteiger partial charge in [-0.25, -0.2) is 4.21 Å². The van der Waals surface area contributed by atoms with Crippen molar-refractivity contribution in [2.24, 2.45) is 0 Å². The molecule has 0 amide bonds. The maximum absolute atomic E-state index is 10.4. The van der Waals surface area contributed by atoms with Gasteiger partial charge in [-0.05, 0) is 25.3 Å². The molecule has 0 fully saturated rings. The topological polar surface area (TPSA) is 37.3 Å². The molecule has 2 nitrogen and oxygen atoms in total. The van der Waals surface area contributed by atoms with E-state index in [1.165, 1.54) is 11.1 Å². The Morgan fingerprint density at radius 1 is 1.31 bits per heavy atom. The number of hydrogen-bond acceptors (Lipinski definition) is 1. The van der Waals surface area contributed by atoms with Crippen LogP contribution in [0.25, 0.3) is 0 Å². The number of aryl methyl sites for hydroxylation is 2. The van der Waals surface area contributed by atoms with Gasteiger partial charge in [-0.3, -0.25) is 0 Å². The lowest BCUT2D eigenvalue weighted by Gasteiger charge is -1.99. The monoisotopic (exact) mass is 198 g/mol. The molecule has 1 rings (SSSR count). The summed E-state index contributed by atoms with van der Waals surface area (Å²) in [6.07, 6.45) is 1.65. The molecule has 1 atom stereocenters. The SMILES string of the molecule is Cc1ccc(CCCS(=O)O)cc1. The lowest BCUT2D eigenvalue weighted by molar-refractivity contribution is 0.561. The first-order valence-corrected chi connectivity index (χ1v) is 5.59. The van der Waals surface area contributed by atoms with Crippen LogP contribution in [-0.2, 0) is 17.5 Å². The lowest BCUT2D eigenvalue weighted by Crippen LogP contribution is -1.96. The molecule has 1 aromatic carbocycles. The van der Waals surface area contributed by atoms with Crippen LogP contribution in [0.4, 0.5) is 0 Å². The van der Waals surface area contributed by atoms with E-state index in [0.717, 1.165) is 12.8 Å². The second-order valence-electron chi connectivity index (χ2n) is 3.11. The summed E-state index contributed by atoms with van der Waals surface area (Å²) in [5.74, 6) is 0.369. The molecule has 13 heavy (non-hydrogen) atoms. The van der Waals surface area contributed by atoms with Crippen LogP contribution in [0.3, 0.4) is 0 Å². The van der Waals surface area contributed by atoms with Gasteiger partial charge in [-0.1, -0.05) is 29.8 Å². The molecule has 0 radical (unpaired) electrons. The summed E-state index contributed by atoms with van der Waals surface area (Å²) in [6.45, 7) is 2.05. The van der Waals surface area contributed by atoms with Gasteiger partial charge < -0.3 is 4.55 Å². The van der Waals surface area contributed by atoms with Crippen molar-refractivity contribution in [3.63, 3.8) is 0 Å². The van der Waals surface area contributed by atoms with E-state index < -0.39 is 11.1 Å². The Labute approximate surface area is 81.3 Å². The van der Waals surface area contributed by atoms with Crippen LogP contribution in [0.1, 0.15) is 17.5 Å². The van der Waals surface area contributed by atoms with Crippen molar-refractivity contribution in [2.45, 2.75) is 19.8 Å². The summed E-state index contributed by atoms with van der Waals surface area (Å²) in [4.78, 5) is 0. The minimum absolute atomic E-state index is 0.369. The van der Waals surface area contributed by atoms with E-state index in [-0.39, 0.29) is 0 Å². The molecule has 0 aliphatic heterocycles. The average molecular weight is 198 g/mol. The van der Waals surface area contributed by atoms with Crippen LogP contribution in [-0.4, -0.2) is 14.5 Å². The van der Waals surface area contributed by atoms with Crippen molar-refractivity contribution >= 4 is 11.1 Å². The van der Waals surface area contributed by atoms with E-state index in [1.807, 2.05) is 6.92 Å². The molecule has 0 aliphatic rings. The van der Waals surface area contributed by atoms with E-state index in [0.29, 0.717) is 5.75 Å². The molecule has 3 heteroatoms. The zero-order valence-electron chi connectivity index (χ0n) is 7.69. The first kappa shape index (κ1) is 10.4. The van der Waals surface area contributed by atoms with Crippen molar-refractivity contribution in [3.05, 3.63) is 35.4 Å². The Morgan fingerprint density at radius 2 is 1.92 bits per heavy atom. The molecular weight excluding hydrogens is 184 g/mol. The zero-order chi connectivity index (χ0) is 9.68. The molecule has 0 aliphatic carbocycles. The van der Waals surface area contributed by atoms with Gasteiger partial charge in [0.05, 0.1) is 0 Å². The first-order valence-electron chi connectivity index (χ1n) is 4.31. The largest absolute Gasteiger partial charge is 0.306 e. The lowest BCUT2D eigenvalue weighted by atomic mass is 10.1. The highest BCUT2D eigenvalue weighted by atomic mass is 32.2. The van der Waals surface area contributed by atoms with E-state index in [9.17, 15) is 4.21 Å². The molecule has 0 saturated heterocycles. The minimum Gasteiger partial charge on any atom is -0.306 e. The van der Waals surface area contributed by atoms with E-state index in [4.69, 9.17) is 4.55 Å². The summed E-state index contributed by atoms with van der Waals surface area (Å²) in [7, 11) is 0. The van der Waals surface area contributed by atoms with Crippen molar-refractivity contribution in [3.8, 4) is 0 Å². The molecule has 1 unspecified atom stereocenters. The summed E-state index contributed by atoms with van der Waals surface area (Å²) in [5, 5.41) is 0. The normalized spacial score (nSPS) is 12.8. The summed E-state index contributed by atoms with van der Waals surface area (Å²) >= 11 is -1.64. The maximum Gasteiger partial charge on any atom is 0.152 e. The van der Waals surface area contributed by atoms with E-state index >= 15 is 0 Å². The molecule has 0 heterocycles. The van der Waals surface area contributed by atoms with Crippen molar-refractivity contribution in [1.82, 2.24) is 0 Å². The Bertz CT molecular complexity index is 279. The highest BCUT2D eigenvalue weighted by molar-refractivity contribution is 7.79. The Morgan fingerprint density at radius 3 is 2.46 bits per heavy atom. The van der Waals surface area contributed by atoms with Crippen LogP contribution in [0.2, 0.25) is 0 Å². The van der Waals surface area contributed by atoms with Gasteiger partial charge in [-0.15, -0.1) is 0 Å². The molecule has 0 bridgehead atoms. The first-order chi connectivity index (χ1) is 6.18. The van der Waals surface area contributed by atoms with Crippen molar-refractivity contribution < 1.29 is 8.76 Å². The minimum atomic E-state index is -1.64. The van der Waals surface area contributed by atoms with Gasteiger partial charge in [0.25, 0.3) is 0 Å². The summed E-state index contributed by atoms with van der Waals surface area (Å²) in [5.41, 5.74) is 2.48. The highest BCUT2D eigenvalue weighted by Gasteiger charge is 1.95. The standard InChI is InChI=1S/C10H14O2S/c1-9-4-6-10(7-5-9)3-2-8-13(11)12/h4-7H,2-3,8H2,1H3,(H,11,12). The third-order valence-electron chi connectivity index (χ3n) is 1.91. The summed E-state index contributed by atoms with van der Waals surface area (Å²) in [6, 6.07) is 8.25. The van der Waals surface area contributed by atoms with Crippen LogP contribution < -0.4 is 0 Å². The number of rotatable bonds is 4. The highest BCUT2D eigenvalue weighted by Crippen LogP contribution is 2.05. The van der Waals surface area contributed by atoms with Gasteiger partial charge in [0.1, 0.15) is 0 Å². The molecule has 1 aromatic rings. The number of hydrogen-bond donors (Lipinski definition) is 1. The number of benzene rings is 1. The fourth-order valence-corrected chi connectivity index (χ4v) is 1.55. The van der Waals surface area contributed by atoms with E-state index in [2.05, 4.69) is 24.3 Å². The molecule has 0 saturated carbocycles. The fraction of sp³-hybridized carbons (Fsp3) is 0.400. The smallest absolute Gasteiger partial charge is 0.152 e. The summed E-state index contributed by atoms with van der Waals surface area (Å²) < 4.78 is 18.9. The van der Waals surface area contributed by atoms with Crippen LogP contribution >= 0.6 is 0 Å². The van der Waals surface area contributed by atoms with Crippen molar-refractivity contribution in [2.75, 3.05) is 5.75 Å². The van der Waals surface area contributed by atoms with Gasteiger partial charge >= 0.3 is 0 Å². The zero-order valence-corrected chi connectivity index (χ0v) is 8.51. The Kier molecular flexibility index (Phi) is 4.12. The maximum atomic E-state index is 10.4. The third kappa shape index (κ3) is 4.20. The van der Waals surface area contributed by atoms with E-state index in [1.54, 1.807) is 0 Å². The third-order valence-corrected chi connectivity index (χ3v) is 2.54. The van der Waals surface area contributed by atoms with Gasteiger partial charge in [-0.2, -0.15) is 0 Å². The molecular formula is C10H14O2S. The fourth-order valence-electron chi connectivity index (χ4n) is 1.15. The van der Waals surface area contributed by atoms with Gasteiger partial charge in [0.15, 0.2) is 11.1 Å². The molecule has 0 spiro atoms. The molecule has 0 aromatic heterocycles.